The summed E-state index contributed by atoms with van der Waals surface area (Å²) >= 11 is 0. The van der Waals surface area contributed by atoms with Crippen LogP contribution in [-0.2, 0) is 50.6 Å². The minimum atomic E-state index is -1.61. The third kappa shape index (κ3) is 10.2. The maximum Gasteiger partial charge on any atom is 0.331 e. The molecule has 11 unspecified atom stereocenters. The molecule has 2 aromatic carbocycles. The molecule has 3 fully saturated rings. The van der Waals surface area contributed by atoms with Crippen LogP contribution in [0.1, 0.15) is 96.9 Å². The highest BCUT2D eigenvalue weighted by atomic mass is 17.3. The summed E-state index contributed by atoms with van der Waals surface area (Å²) in [6.07, 6.45) is 0.641. The number of esters is 1. The Hall–Kier alpha value is -5.88. The summed E-state index contributed by atoms with van der Waals surface area (Å²) in [7, 11) is 1.52. The van der Waals surface area contributed by atoms with Crippen molar-refractivity contribution in [3.63, 3.8) is 0 Å². The van der Waals surface area contributed by atoms with Crippen LogP contribution in [0.25, 0.3) is 12.2 Å². The van der Waals surface area contributed by atoms with Crippen molar-refractivity contribution >= 4 is 18.1 Å². The van der Waals surface area contributed by atoms with Crippen LogP contribution in [0.4, 0.5) is 0 Å². The molecule has 0 aromatic heterocycles. The summed E-state index contributed by atoms with van der Waals surface area (Å²) < 4.78 is 42.9. The molecule has 5 aliphatic rings. The van der Waals surface area contributed by atoms with Gasteiger partial charge >= 0.3 is 5.97 Å². The van der Waals surface area contributed by atoms with Crippen molar-refractivity contribution < 1.29 is 68.2 Å². The van der Waals surface area contributed by atoms with Gasteiger partial charge in [0, 0.05) is 48.1 Å². The van der Waals surface area contributed by atoms with Gasteiger partial charge in [-0.1, -0.05) is 43.4 Å². The third-order valence-corrected chi connectivity index (χ3v) is 14.1. The van der Waals surface area contributed by atoms with Gasteiger partial charge in [0.2, 0.25) is 6.29 Å². The summed E-state index contributed by atoms with van der Waals surface area (Å²) in [5, 5.41) is 71.4. The van der Waals surface area contributed by atoms with Gasteiger partial charge in [-0.2, -0.15) is 20.7 Å². The molecule has 17 nitrogen and oxygen atoms in total. The lowest BCUT2D eigenvalue weighted by molar-refractivity contribution is -0.627. The first-order chi connectivity index (χ1) is 33.5. The number of ether oxygens (including phenoxy) is 7. The average Bonchev–Trinajstić information content (AvgIpc) is 3.59. The number of aliphatic hydroxyl groups excluding tert-OH is 4. The number of nitriles is 3. The predicted molar refractivity (Wildman–Crippen MR) is 254 cm³/mol. The van der Waals surface area contributed by atoms with Crippen LogP contribution in [-0.4, -0.2) is 99.8 Å². The molecular weight excluding hydrogens is 915 g/mol. The SMILES string of the molecule is C=C1CC(C)C2C(C1)C1(C)OOC1(OC)c1cc(OCc3ccc(OC4OC(CO)C(O)C(O)C4O)cc3)c(/C=C/C(=O)OC(C)(C)CCOC(C)(C)C)cc1/C=C/C1=C(C#N)C(=C(C#N)C#N)OC12C. The average molecular weight is 978 g/mol. The lowest BCUT2D eigenvalue weighted by Crippen LogP contribution is -2.71. The molecule has 2 saturated heterocycles. The van der Waals surface area contributed by atoms with Crippen molar-refractivity contribution in [2.75, 3.05) is 20.3 Å². The second-order valence-electron chi connectivity index (χ2n) is 20.7. The van der Waals surface area contributed by atoms with Crippen LogP contribution in [0.15, 0.2) is 83.2 Å². The summed E-state index contributed by atoms with van der Waals surface area (Å²) in [5.74, 6) is -2.71. The van der Waals surface area contributed by atoms with E-state index in [-0.39, 0.29) is 40.8 Å². The number of aliphatic hydroxyl groups is 4. The van der Waals surface area contributed by atoms with E-state index < -0.39 is 77.7 Å². The first kappa shape index (κ1) is 52.9. The summed E-state index contributed by atoms with van der Waals surface area (Å²) in [6.45, 7) is 19.4. The van der Waals surface area contributed by atoms with Gasteiger partial charge in [-0.25, -0.2) is 9.68 Å². The lowest BCUT2D eigenvalue weighted by Gasteiger charge is -2.61. The minimum absolute atomic E-state index is 0.0129. The maximum absolute atomic E-state index is 13.6. The highest BCUT2D eigenvalue weighted by Gasteiger charge is 2.72. The molecule has 378 valence electrons. The van der Waals surface area contributed by atoms with E-state index in [1.807, 2.05) is 46.8 Å². The van der Waals surface area contributed by atoms with Gasteiger partial charge in [-0.05, 0) is 109 Å². The second-order valence-corrected chi connectivity index (χ2v) is 20.7. The number of hydrogen-bond donors (Lipinski definition) is 4. The Morgan fingerprint density at radius 1 is 0.972 bits per heavy atom. The molecule has 0 radical (unpaired) electrons. The minimum Gasteiger partial charge on any atom is -0.488 e. The number of carbonyl (C=O) groups is 1. The van der Waals surface area contributed by atoms with E-state index in [4.69, 9.17) is 42.9 Å². The molecule has 71 heavy (non-hydrogen) atoms. The molecule has 0 amide bonds. The van der Waals surface area contributed by atoms with E-state index in [1.54, 1.807) is 68.5 Å². The van der Waals surface area contributed by atoms with Crippen molar-refractivity contribution in [1.29, 1.82) is 15.8 Å². The summed E-state index contributed by atoms with van der Waals surface area (Å²) in [4.78, 5) is 26.0. The molecule has 2 aromatic rings. The quantitative estimate of drug-likeness (QED) is 0.0538. The molecule has 0 bridgehead atoms. The number of rotatable bonds is 13. The van der Waals surface area contributed by atoms with Gasteiger partial charge < -0.3 is 53.6 Å². The zero-order valence-electron chi connectivity index (χ0n) is 41.6. The van der Waals surface area contributed by atoms with Crippen molar-refractivity contribution in [3.8, 4) is 29.7 Å². The fourth-order valence-corrected chi connectivity index (χ4v) is 10.5. The Balaban J connectivity index is 1.33. The number of benzene rings is 2. The molecular formula is C54H63N3O14. The number of fused-ring (bicyclic) bond motifs is 7. The van der Waals surface area contributed by atoms with Crippen LogP contribution in [0, 0.1) is 51.7 Å². The first-order valence-electron chi connectivity index (χ1n) is 23.6. The van der Waals surface area contributed by atoms with Gasteiger partial charge in [0.1, 0.15) is 77.5 Å². The fourth-order valence-electron chi connectivity index (χ4n) is 10.5. The standard InChI is InChI=1S/C54H63N3O14/c1-30-21-31(2)44-40(22-30)53(9)54(63-10,71-70-53)39-24-41(64-29-32-11-15-36(16-12-32)66-49-47(62)46(61)45(60)42(28-58)67-49)34(14-18-43(59)68-51(6,7)19-20-65-50(3,4)5)23-33(39)13-17-38-37(27-57)48(35(25-55)26-56)69-52(38,44)8/h11-18,23-24,31,40,42,44-47,49,58,60-62H,1,19-22,28-29H2,2-10H3/b17-13+,18-14+. The van der Waals surface area contributed by atoms with E-state index in [0.29, 0.717) is 59.4 Å². The first-order valence-corrected chi connectivity index (χ1v) is 23.6. The fraction of sp³-hybridized carbons (Fsp3) is 0.519. The van der Waals surface area contributed by atoms with Crippen LogP contribution >= 0.6 is 0 Å². The van der Waals surface area contributed by atoms with Crippen molar-refractivity contribution in [3.05, 3.63) is 105 Å². The van der Waals surface area contributed by atoms with E-state index in [9.17, 15) is 41.0 Å². The Morgan fingerprint density at radius 2 is 1.68 bits per heavy atom. The van der Waals surface area contributed by atoms with Crippen molar-refractivity contribution in [1.82, 2.24) is 0 Å². The largest absolute Gasteiger partial charge is 0.488 e. The molecule has 1 saturated carbocycles. The summed E-state index contributed by atoms with van der Waals surface area (Å²) in [5.41, 5.74) is -0.525. The number of carbonyl (C=O) groups excluding carboxylic acids is 1. The van der Waals surface area contributed by atoms with Gasteiger partial charge in [-0.3, -0.25) is 0 Å². The topological polar surface area (TPSA) is 252 Å². The molecule has 17 heteroatoms. The highest BCUT2D eigenvalue weighted by Crippen LogP contribution is 2.64. The molecule has 4 N–H and O–H groups in total. The highest BCUT2D eigenvalue weighted by molar-refractivity contribution is 5.88. The van der Waals surface area contributed by atoms with Crippen LogP contribution in [0.2, 0.25) is 0 Å². The van der Waals surface area contributed by atoms with E-state index in [0.717, 1.165) is 5.57 Å². The number of hydrogen-bond acceptors (Lipinski definition) is 17. The molecule has 0 spiro atoms. The Labute approximate surface area is 414 Å². The number of methoxy groups -OCH3 is 1. The van der Waals surface area contributed by atoms with E-state index in [1.165, 1.54) is 13.2 Å². The molecule has 11 atom stereocenters. The van der Waals surface area contributed by atoms with Crippen LogP contribution in [0.5, 0.6) is 11.5 Å². The van der Waals surface area contributed by atoms with Gasteiger partial charge in [0.25, 0.3) is 5.79 Å². The normalized spacial score (nSPS) is 31.8. The molecule has 3 aliphatic heterocycles. The van der Waals surface area contributed by atoms with Crippen LogP contribution in [0.3, 0.4) is 0 Å². The zero-order valence-corrected chi connectivity index (χ0v) is 41.6. The van der Waals surface area contributed by atoms with E-state index >= 15 is 0 Å². The van der Waals surface area contributed by atoms with Crippen molar-refractivity contribution in [2.45, 2.75) is 140 Å². The molecule has 7 rings (SSSR count). The Bertz CT molecular complexity index is 2620. The zero-order chi connectivity index (χ0) is 51.8. The van der Waals surface area contributed by atoms with Gasteiger partial charge in [-0.15, -0.1) is 0 Å². The number of allylic oxidation sites excluding steroid dienone is 3. The predicted octanol–water partition coefficient (Wildman–Crippen LogP) is 6.66. The van der Waals surface area contributed by atoms with Gasteiger partial charge in [0.15, 0.2) is 16.9 Å². The molecule has 2 aliphatic carbocycles. The maximum atomic E-state index is 13.6. The summed E-state index contributed by atoms with van der Waals surface area (Å²) in [6, 6.07) is 16.2. The monoisotopic (exact) mass is 977 g/mol. The number of nitrogens with zero attached hydrogens (tertiary/aromatic N) is 3. The third-order valence-electron chi connectivity index (χ3n) is 14.1. The second kappa shape index (κ2) is 20.3. The van der Waals surface area contributed by atoms with E-state index in [2.05, 4.69) is 19.6 Å². The Morgan fingerprint density at radius 3 is 2.28 bits per heavy atom. The Kier molecular flexibility index (Phi) is 15.2. The van der Waals surface area contributed by atoms with Gasteiger partial charge in [0.05, 0.1) is 18.8 Å². The lowest BCUT2D eigenvalue weighted by atomic mass is 9.55. The van der Waals surface area contributed by atoms with Crippen LogP contribution < -0.4 is 9.47 Å². The van der Waals surface area contributed by atoms with Crippen molar-refractivity contribution in [2.24, 2.45) is 17.8 Å². The molecule has 3 heterocycles. The smallest absolute Gasteiger partial charge is 0.331 e.